The van der Waals surface area contributed by atoms with Crippen molar-refractivity contribution in [2.24, 2.45) is 0 Å². The molecule has 3 heterocycles. The Morgan fingerprint density at radius 2 is 1.91 bits per heavy atom. The van der Waals surface area contributed by atoms with Crippen molar-refractivity contribution in [3.63, 3.8) is 0 Å². The summed E-state index contributed by atoms with van der Waals surface area (Å²) in [5, 5.41) is 4.86. The molecule has 0 saturated carbocycles. The minimum absolute atomic E-state index is 0.0397. The first-order chi connectivity index (χ1) is 16.7. The van der Waals surface area contributed by atoms with E-state index in [1.54, 1.807) is 38.3 Å². The van der Waals surface area contributed by atoms with E-state index in [2.05, 4.69) is 10.1 Å². The van der Waals surface area contributed by atoms with Crippen molar-refractivity contribution < 1.29 is 13.9 Å². The zero-order valence-electron chi connectivity index (χ0n) is 20.1. The van der Waals surface area contributed by atoms with Gasteiger partial charge in [-0.1, -0.05) is 23.2 Å². The van der Waals surface area contributed by atoms with Crippen molar-refractivity contribution in [3.05, 3.63) is 63.9 Å². The van der Waals surface area contributed by atoms with Crippen LogP contribution in [0.5, 0.6) is 5.75 Å². The normalized spacial score (nSPS) is 15.2. The summed E-state index contributed by atoms with van der Waals surface area (Å²) in [7, 11) is 3.54. The molecule has 7 nitrogen and oxygen atoms in total. The number of carbonyl (C=O) groups excluding carboxylic acids is 1. The summed E-state index contributed by atoms with van der Waals surface area (Å²) < 4.78 is 22.1. The number of piperidine rings is 1. The van der Waals surface area contributed by atoms with Crippen LogP contribution in [0.1, 0.15) is 43.2 Å². The number of carbonyl (C=O) groups is 1. The van der Waals surface area contributed by atoms with Gasteiger partial charge in [0, 0.05) is 61.3 Å². The number of urea groups is 1. The lowest BCUT2D eigenvalue weighted by atomic mass is 10.1. The predicted octanol–water partition coefficient (Wildman–Crippen LogP) is 6.16. The number of halogens is 3. The molecule has 1 unspecified atom stereocenters. The van der Waals surface area contributed by atoms with Crippen LogP contribution in [0.2, 0.25) is 10.0 Å². The van der Waals surface area contributed by atoms with Gasteiger partial charge >= 0.3 is 6.03 Å². The average Bonchev–Trinajstić information content (AvgIpc) is 3.33. The van der Waals surface area contributed by atoms with Gasteiger partial charge < -0.3 is 14.5 Å². The van der Waals surface area contributed by atoms with E-state index in [1.165, 1.54) is 12.1 Å². The molecular formula is C25H28Cl2FN5O2. The molecule has 186 valence electrons. The Morgan fingerprint density at radius 3 is 2.60 bits per heavy atom. The molecule has 35 heavy (non-hydrogen) atoms. The number of aryl methyl sites for hydroxylation is 1. The van der Waals surface area contributed by atoms with Crippen LogP contribution in [-0.2, 0) is 0 Å². The summed E-state index contributed by atoms with van der Waals surface area (Å²) >= 11 is 12.4. The molecule has 0 bridgehead atoms. The summed E-state index contributed by atoms with van der Waals surface area (Å²) in [5.41, 5.74) is 2.84. The zero-order valence-corrected chi connectivity index (χ0v) is 21.6. The first-order valence-electron chi connectivity index (χ1n) is 11.4. The number of likely N-dealkylation sites (tertiary alicyclic amines) is 1. The van der Waals surface area contributed by atoms with E-state index >= 15 is 0 Å². The molecule has 1 aliphatic heterocycles. The Morgan fingerprint density at radius 1 is 1.20 bits per heavy atom. The van der Waals surface area contributed by atoms with Gasteiger partial charge in [-0.15, -0.1) is 0 Å². The molecule has 3 aromatic rings. The molecule has 1 saturated heterocycles. The van der Waals surface area contributed by atoms with Crippen LogP contribution in [0.4, 0.5) is 9.18 Å². The lowest BCUT2D eigenvalue weighted by molar-refractivity contribution is 0.146. The highest BCUT2D eigenvalue weighted by Gasteiger charge is 2.25. The van der Waals surface area contributed by atoms with E-state index in [4.69, 9.17) is 27.9 Å². The third-order valence-electron chi connectivity index (χ3n) is 6.26. The van der Waals surface area contributed by atoms with E-state index in [-0.39, 0.29) is 17.1 Å². The highest BCUT2D eigenvalue weighted by molar-refractivity contribution is 6.36. The van der Waals surface area contributed by atoms with E-state index in [0.717, 1.165) is 24.0 Å². The Bertz CT molecular complexity index is 1220. The fourth-order valence-electron chi connectivity index (χ4n) is 4.25. The Balaban J connectivity index is 1.49. The summed E-state index contributed by atoms with van der Waals surface area (Å²) in [4.78, 5) is 20.1. The second-order valence-corrected chi connectivity index (χ2v) is 9.71. The molecule has 0 aliphatic carbocycles. The molecule has 10 heteroatoms. The number of benzene rings is 1. The van der Waals surface area contributed by atoms with Gasteiger partial charge in [0.2, 0.25) is 0 Å². The van der Waals surface area contributed by atoms with Gasteiger partial charge in [-0.2, -0.15) is 5.10 Å². The summed E-state index contributed by atoms with van der Waals surface area (Å²) in [6, 6.07) is 4.85. The first kappa shape index (κ1) is 25.3. The molecule has 1 atom stereocenters. The molecule has 0 N–H and O–H groups in total. The Hall–Kier alpha value is -2.84. The van der Waals surface area contributed by atoms with Gasteiger partial charge in [0.05, 0.1) is 23.0 Å². The van der Waals surface area contributed by atoms with Crippen LogP contribution in [0.15, 0.2) is 36.8 Å². The Kier molecular flexibility index (Phi) is 7.52. The average molecular weight is 520 g/mol. The van der Waals surface area contributed by atoms with Crippen LogP contribution in [0, 0.1) is 12.7 Å². The van der Waals surface area contributed by atoms with Gasteiger partial charge in [-0.3, -0.25) is 9.67 Å². The van der Waals surface area contributed by atoms with Gasteiger partial charge in [-0.05, 0) is 44.9 Å². The summed E-state index contributed by atoms with van der Waals surface area (Å²) in [5.74, 6) is 0.00379. The quantitative estimate of drug-likeness (QED) is 0.378. The van der Waals surface area contributed by atoms with E-state index in [0.29, 0.717) is 35.1 Å². The highest BCUT2D eigenvalue weighted by Crippen LogP contribution is 2.36. The lowest BCUT2D eigenvalue weighted by Gasteiger charge is -2.33. The van der Waals surface area contributed by atoms with Gasteiger partial charge in [-0.25, -0.2) is 9.18 Å². The fourth-order valence-corrected chi connectivity index (χ4v) is 4.92. The maximum absolute atomic E-state index is 14.0. The smallest absolute Gasteiger partial charge is 0.319 e. The molecular weight excluding hydrogens is 492 g/mol. The molecule has 0 spiro atoms. The van der Waals surface area contributed by atoms with E-state index < -0.39 is 11.9 Å². The molecule has 0 radical (unpaired) electrons. The van der Waals surface area contributed by atoms with Gasteiger partial charge in [0.15, 0.2) is 0 Å². The summed E-state index contributed by atoms with van der Waals surface area (Å²) in [6.45, 7) is 5.00. The SMILES string of the molecule is Cc1ncc(-c2cnn(C3CCN(C(=O)N(C)C)CC3)c2)cc1OC(C)c1c(Cl)ccc(F)c1Cl. The number of rotatable bonds is 5. The fraction of sp³-hybridized carbons (Fsp3) is 0.400. The second-order valence-electron chi connectivity index (χ2n) is 8.93. The Labute approximate surface area is 214 Å². The third kappa shape index (κ3) is 5.38. The van der Waals surface area contributed by atoms with E-state index in [1.807, 2.05) is 28.8 Å². The maximum atomic E-state index is 14.0. The van der Waals surface area contributed by atoms with Crippen LogP contribution in [0.3, 0.4) is 0 Å². The molecule has 1 aromatic carbocycles. The monoisotopic (exact) mass is 519 g/mol. The van der Waals surface area contributed by atoms with Crippen molar-refractivity contribution >= 4 is 29.2 Å². The number of hydrogen-bond donors (Lipinski definition) is 0. The van der Waals surface area contributed by atoms with Gasteiger partial charge in [0.1, 0.15) is 17.7 Å². The highest BCUT2D eigenvalue weighted by atomic mass is 35.5. The zero-order chi connectivity index (χ0) is 25.3. The number of hydrogen-bond acceptors (Lipinski definition) is 4. The topological polar surface area (TPSA) is 63.5 Å². The minimum Gasteiger partial charge on any atom is -0.484 e. The van der Waals surface area contributed by atoms with Crippen LogP contribution < -0.4 is 4.74 Å². The standard InChI is InChI=1S/C25H28Cl2FN5O2/c1-15-22(35-16(2)23-20(26)5-6-21(28)24(23)27)11-17(12-29-15)18-13-30-33(14-18)19-7-9-32(10-8-19)25(34)31(3)4/h5-6,11-14,16,19H,7-10H2,1-4H3. The number of nitrogens with zero attached hydrogens (tertiary/aromatic N) is 5. The molecule has 1 aliphatic rings. The van der Waals surface area contributed by atoms with Crippen molar-refractivity contribution in [1.82, 2.24) is 24.6 Å². The minimum atomic E-state index is -0.584. The lowest BCUT2D eigenvalue weighted by Crippen LogP contribution is -2.44. The number of amides is 2. The number of ether oxygens (including phenoxy) is 1. The van der Waals surface area contributed by atoms with Crippen molar-refractivity contribution in [3.8, 4) is 16.9 Å². The van der Waals surface area contributed by atoms with Crippen LogP contribution >= 0.6 is 23.2 Å². The van der Waals surface area contributed by atoms with Crippen molar-refractivity contribution in [2.75, 3.05) is 27.2 Å². The largest absolute Gasteiger partial charge is 0.484 e. The van der Waals surface area contributed by atoms with Crippen molar-refractivity contribution in [2.45, 2.75) is 38.8 Å². The number of pyridine rings is 1. The van der Waals surface area contributed by atoms with Crippen molar-refractivity contribution in [1.29, 1.82) is 0 Å². The third-order valence-corrected chi connectivity index (χ3v) is 6.97. The maximum Gasteiger partial charge on any atom is 0.319 e. The van der Waals surface area contributed by atoms with Crippen LogP contribution in [-0.4, -0.2) is 57.8 Å². The molecule has 2 amide bonds. The van der Waals surface area contributed by atoms with Crippen LogP contribution in [0.25, 0.3) is 11.1 Å². The van der Waals surface area contributed by atoms with Gasteiger partial charge in [0.25, 0.3) is 0 Å². The van der Waals surface area contributed by atoms with E-state index in [9.17, 15) is 9.18 Å². The first-order valence-corrected chi connectivity index (χ1v) is 12.2. The molecule has 2 aromatic heterocycles. The number of aromatic nitrogens is 3. The predicted molar refractivity (Wildman–Crippen MR) is 135 cm³/mol. The summed E-state index contributed by atoms with van der Waals surface area (Å²) in [6.07, 6.45) is 6.67. The molecule has 1 fully saturated rings. The second kappa shape index (κ2) is 10.4. The molecule has 4 rings (SSSR count).